The lowest BCUT2D eigenvalue weighted by Crippen LogP contribution is -2.42. The summed E-state index contributed by atoms with van der Waals surface area (Å²) in [6, 6.07) is 11.0. The van der Waals surface area contributed by atoms with Crippen molar-refractivity contribution in [3.63, 3.8) is 0 Å². The van der Waals surface area contributed by atoms with Gasteiger partial charge in [-0.05, 0) is 74.5 Å². The fourth-order valence-electron chi connectivity index (χ4n) is 5.39. The molecule has 0 amide bonds. The number of carbonyl (C=O) groups is 1. The van der Waals surface area contributed by atoms with Gasteiger partial charge in [0.25, 0.3) is 0 Å². The molecule has 0 bridgehead atoms. The van der Waals surface area contributed by atoms with E-state index in [-0.39, 0.29) is 24.7 Å². The lowest BCUT2D eigenvalue weighted by molar-refractivity contribution is -0.141. The number of pyridine rings is 2. The molecule has 1 saturated heterocycles. The van der Waals surface area contributed by atoms with Crippen molar-refractivity contribution in [2.45, 2.75) is 50.1 Å². The lowest BCUT2D eigenvalue weighted by Gasteiger charge is -2.42. The van der Waals surface area contributed by atoms with Crippen LogP contribution in [0.5, 0.6) is 5.75 Å². The van der Waals surface area contributed by atoms with Crippen LogP contribution in [0.1, 0.15) is 60.3 Å². The van der Waals surface area contributed by atoms with E-state index in [1.54, 1.807) is 31.5 Å². The van der Waals surface area contributed by atoms with Crippen molar-refractivity contribution in [2.24, 2.45) is 5.41 Å². The zero-order chi connectivity index (χ0) is 26.4. The van der Waals surface area contributed by atoms with Crippen LogP contribution in [0.2, 0.25) is 0 Å². The molecule has 198 valence electrons. The van der Waals surface area contributed by atoms with Crippen molar-refractivity contribution in [1.82, 2.24) is 14.9 Å². The summed E-state index contributed by atoms with van der Waals surface area (Å²) in [7, 11) is 1.55. The molecule has 2 N–H and O–H groups in total. The summed E-state index contributed by atoms with van der Waals surface area (Å²) >= 11 is 4.72. The molecule has 0 spiro atoms. The van der Waals surface area contributed by atoms with Gasteiger partial charge in [0.15, 0.2) is 0 Å². The summed E-state index contributed by atoms with van der Waals surface area (Å²) in [5, 5.41) is 20.1. The van der Waals surface area contributed by atoms with E-state index in [0.717, 1.165) is 25.3 Å². The van der Waals surface area contributed by atoms with Crippen molar-refractivity contribution in [3.8, 4) is 5.75 Å². The Morgan fingerprint density at radius 3 is 2.68 bits per heavy atom. The number of hydrogen-bond acceptors (Lipinski definition) is 7. The van der Waals surface area contributed by atoms with Crippen molar-refractivity contribution in [2.75, 3.05) is 26.7 Å². The predicted molar refractivity (Wildman–Crippen MR) is 144 cm³/mol. The highest BCUT2D eigenvalue weighted by Gasteiger charge is 2.37. The smallest absolute Gasteiger partial charge is 0.303 e. The van der Waals surface area contributed by atoms with Crippen molar-refractivity contribution >= 4 is 29.5 Å². The third-order valence-electron chi connectivity index (χ3n) is 7.51. The molecule has 1 aromatic carbocycles. The number of thiol groups is 1. The minimum atomic E-state index is -1.37. The number of ether oxygens (including phenoxy) is 1. The molecule has 4 rings (SSSR count). The summed E-state index contributed by atoms with van der Waals surface area (Å²) in [5.74, 6) is -0.277. The number of halogens is 1. The number of benzene rings is 1. The molecule has 1 unspecified atom stereocenters. The fraction of sp³-hybridized carbons (Fsp3) is 0.464. The van der Waals surface area contributed by atoms with Crippen LogP contribution in [-0.4, -0.2) is 57.8 Å². The minimum Gasteiger partial charge on any atom is -0.497 e. The summed E-state index contributed by atoms with van der Waals surface area (Å²) in [6.45, 7) is 1.85. The number of alkyl halides is 1. The van der Waals surface area contributed by atoms with Crippen LogP contribution in [0.25, 0.3) is 10.9 Å². The molecule has 1 aliphatic rings. The van der Waals surface area contributed by atoms with Crippen LogP contribution in [0.15, 0.2) is 48.8 Å². The molecule has 1 fully saturated rings. The minimum absolute atomic E-state index is 0.00980. The van der Waals surface area contributed by atoms with Gasteiger partial charge in [-0.1, -0.05) is 6.07 Å². The van der Waals surface area contributed by atoms with Crippen LogP contribution in [0.4, 0.5) is 4.39 Å². The lowest BCUT2D eigenvalue weighted by atomic mass is 9.71. The molecule has 9 heteroatoms. The van der Waals surface area contributed by atoms with Gasteiger partial charge < -0.3 is 19.8 Å². The van der Waals surface area contributed by atoms with Crippen LogP contribution in [-0.2, 0) is 11.4 Å². The second-order valence-electron chi connectivity index (χ2n) is 9.89. The number of carboxylic acids is 1. The first-order valence-corrected chi connectivity index (χ1v) is 13.1. The molecule has 2 aromatic heterocycles. The Kier molecular flexibility index (Phi) is 9.00. The predicted octanol–water partition coefficient (Wildman–Crippen LogP) is 5.15. The number of rotatable bonds is 11. The normalized spacial score (nSPS) is 17.4. The number of hydrogen-bond donors (Lipinski definition) is 3. The third-order valence-corrected chi connectivity index (χ3v) is 7.94. The Balaban J connectivity index is 1.47. The Labute approximate surface area is 222 Å². The summed E-state index contributed by atoms with van der Waals surface area (Å²) < 4.78 is 21.2. The Morgan fingerprint density at radius 1 is 1.24 bits per heavy atom. The zero-order valence-corrected chi connectivity index (χ0v) is 21.9. The molecule has 37 heavy (non-hydrogen) atoms. The van der Waals surface area contributed by atoms with Gasteiger partial charge in [-0.3, -0.25) is 14.8 Å². The number of aliphatic carboxylic acids is 1. The highest BCUT2D eigenvalue weighted by atomic mass is 32.1. The van der Waals surface area contributed by atoms with Gasteiger partial charge in [0.1, 0.15) is 11.9 Å². The maximum absolute atomic E-state index is 15.9. The largest absolute Gasteiger partial charge is 0.497 e. The molecule has 3 heterocycles. The van der Waals surface area contributed by atoms with Gasteiger partial charge in [-0.2, -0.15) is 12.6 Å². The van der Waals surface area contributed by atoms with E-state index in [9.17, 15) is 15.0 Å². The number of aromatic nitrogens is 2. The number of aliphatic hydroxyl groups excluding tert-OH is 1. The van der Waals surface area contributed by atoms with E-state index in [2.05, 4.69) is 14.9 Å². The number of likely N-dealkylation sites (tertiary alicyclic amines) is 1. The van der Waals surface area contributed by atoms with Gasteiger partial charge in [0.05, 0.1) is 36.6 Å². The monoisotopic (exact) mass is 527 g/mol. The summed E-state index contributed by atoms with van der Waals surface area (Å²) in [5.41, 5.74) is 1.89. The van der Waals surface area contributed by atoms with E-state index >= 15 is 4.39 Å². The van der Waals surface area contributed by atoms with Crippen LogP contribution < -0.4 is 4.74 Å². The first-order valence-electron chi connectivity index (χ1n) is 12.6. The zero-order valence-electron chi connectivity index (χ0n) is 21.0. The summed E-state index contributed by atoms with van der Waals surface area (Å²) in [6.07, 6.45) is 3.86. The molecule has 3 aromatic rings. The van der Waals surface area contributed by atoms with E-state index in [0.29, 0.717) is 47.0 Å². The van der Waals surface area contributed by atoms with E-state index in [4.69, 9.17) is 17.4 Å². The molecule has 0 saturated carbocycles. The van der Waals surface area contributed by atoms with Crippen molar-refractivity contribution in [3.05, 3.63) is 65.6 Å². The van der Waals surface area contributed by atoms with Gasteiger partial charge in [-0.25, -0.2) is 4.39 Å². The molecule has 2 atom stereocenters. The summed E-state index contributed by atoms with van der Waals surface area (Å²) in [4.78, 5) is 22.8. The number of nitrogens with zero attached hydrogens (tertiary/aromatic N) is 3. The first kappa shape index (κ1) is 27.3. The standard InChI is InChI=1S/C28H34FN3O4S/c1-36-20-5-6-23-21(14-20)27(19(18-33)16-31-23)22(29)7-8-28(15-26(34)35)9-12-32(13-10-28)17-25(37)24-4-2-3-11-30-24/h2-6,11,14,16,22,25,33,37H,7-10,12-13,15,17-18H2,1H3,(H,34,35)/t22-,25?/m0/s1. The maximum Gasteiger partial charge on any atom is 0.303 e. The number of carboxylic acid groups (broad SMARTS) is 1. The SMILES string of the molecule is COc1ccc2ncc(CO)c([C@@H](F)CCC3(CC(=O)O)CCN(CC(S)c4ccccn4)CC3)c2c1. The Bertz CT molecular complexity index is 1200. The number of piperidine rings is 1. The molecular weight excluding hydrogens is 493 g/mol. The second kappa shape index (κ2) is 12.2. The highest BCUT2D eigenvalue weighted by molar-refractivity contribution is 7.80. The third kappa shape index (κ3) is 6.58. The number of fused-ring (bicyclic) bond motifs is 1. The quantitative estimate of drug-likeness (QED) is 0.297. The molecule has 1 aliphatic heterocycles. The van der Waals surface area contributed by atoms with E-state index in [1.807, 2.05) is 18.2 Å². The van der Waals surface area contributed by atoms with Crippen molar-refractivity contribution in [1.29, 1.82) is 0 Å². The van der Waals surface area contributed by atoms with Gasteiger partial charge in [0.2, 0.25) is 0 Å². The molecule has 0 aliphatic carbocycles. The van der Waals surface area contributed by atoms with Crippen LogP contribution >= 0.6 is 12.6 Å². The van der Waals surface area contributed by atoms with Crippen molar-refractivity contribution < 1.29 is 24.1 Å². The molecule has 7 nitrogen and oxygen atoms in total. The first-order chi connectivity index (χ1) is 17.8. The van der Waals surface area contributed by atoms with E-state index in [1.165, 1.54) is 6.20 Å². The highest BCUT2D eigenvalue weighted by Crippen LogP contribution is 2.43. The Hall–Kier alpha value is -2.75. The fourth-order valence-corrected chi connectivity index (χ4v) is 5.77. The maximum atomic E-state index is 15.9. The number of methoxy groups -OCH3 is 1. The van der Waals surface area contributed by atoms with Gasteiger partial charge in [-0.15, -0.1) is 0 Å². The number of aliphatic hydroxyl groups is 1. The van der Waals surface area contributed by atoms with Crippen LogP contribution in [0, 0.1) is 5.41 Å². The average molecular weight is 528 g/mol. The Morgan fingerprint density at radius 2 is 2.03 bits per heavy atom. The van der Waals surface area contributed by atoms with E-state index < -0.39 is 17.6 Å². The van der Waals surface area contributed by atoms with Gasteiger partial charge >= 0.3 is 5.97 Å². The molecule has 0 radical (unpaired) electrons. The van der Waals surface area contributed by atoms with Crippen LogP contribution in [0.3, 0.4) is 0 Å². The topological polar surface area (TPSA) is 95.8 Å². The average Bonchev–Trinajstić information content (AvgIpc) is 2.92. The molecular formula is C28H34FN3O4S. The second-order valence-corrected chi connectivity index (χ2v) is 10.5. The van der Waals surface area contributed by atoms with Gasteiger partial charge in [0, 0.05) is 35.5 Å².